The minimum Gasteiger partial charge on any atom is -0.443 e. The molecule has 0 unspecified atom stereocenters. The van der Waals surface area contributed by atoms with Gasteiger partial charge in [0.15, 0.2) is 12.0 Å². The highest BCUT2D eigenvalue weighted by Crippen LogP contribution is 2.12. The highest BCUT2D eigenvalue weighted by molar-refractivity contribution is 5.72. The molecule has 0 atom stereocenters. The minimum atomic E-state index is 0.861. The van der Waals surface area contributed by atoms with E-state index in [2.05, 4.69) is 18.8 Å². The molecule has 0 spiro atoms. The zero-order chi connectivity index (χ0) is 9.68. The minimum absolute atomic E-state index is 0.861. The van der Waals surface area contributed by atoms with E-state index in [1.807, 2.05) is 25.1 Å². The number of hydrogen-bond donors (Lipinski definition) is 0. The van der Waals surface area contributed by atoms with Crippen LogP contribution in [0.3, 0.4) is 0 Å². The molecule has 2 rings (SSSR count). The monoisotopic (exact) mass is 177 g/mol. The van der Waals surface area contributed by atoms with Crippen molar-refractivity contribution < 1.29 is 4.42 Å². The van der Waals surface area contributed by atoms with E-state index in [1.165, 1.54) is 18.4 Å². The molecule has 2 nitrogen and oxygen atoms in total. The first-order chi connectivity index (χ1) is 6.27. The van der Waals surface area contributed by atoms with Crippen LogP contribution in [0.25, 0.3) is 11.1 Å². The number of aryl methyl sites for hydroxylation is 1. The lowest BCUT2D eigenvalue weighted by atomic mass is 10.2. The van der Waals surface area contributed by atoms with Crippen LogP contribution in [0.1, 0.15) is 25.8 Å². The van der Waals surface area contributed by atoms with Crippen LogP contribution in [0.15, 0.2) is 29.0 Å². The number of hydrogen-bond acceptors (Lipinski definition) is 2. The molecule has 0 fully saturated rings. The maximum Gasteiger partial charge on any atom is 0.181 e. The van der Waals surface area contributed by atoms with Gasteiger partial charge in [0.05, 0.1) is 0 Å². The van der Waals surface area contributed by atoms with Gasteiger partial charge in [0, 0.05) is 0 Å². The predicted molar refractivity (Wildman–Crippen MR) is 54.7 cm³/mol. The van der Waals surface area contributed by atoms with Crippen molar-refractivity contribution in [2.24, 2.45) is 0 Å². The lowest BCUT2D eigenvalue weighted by Gasteiger charge is -1.87. The molecule has 2 aromatic rings. The maximum atomic E-state index is 5.09. The lowest BCUT2D eigenvalue weighted by Crippen LogP contribution is -1.69. The Hall–Kier alpha value is -1.31. The van der Waals surface area contributed by atoms with Gasteiger partial charge in [0.1, 0.15) is 5.52 Å². The van der Waals surface area contributed by atoms with Crippen LogP contribution >= 0.6 is 0 Å². The summed E-state index contributed by atoms with van der Waals surface area (Å²) in [5, 5.41) is 0. The van der Waals surface area contributed by atoms with Gasteiger partial charge in [-0.3, -0.25) is 0 Å². The molecule has 0 bridgehead atoms. The molecule has 1 heterocycles. The van der Waals surface area contributed by atoms with Gasteiger partial charge in [-0.05, 0) is 24.6 Å². The standard InChI is InChI=1S/C8H7NO.C3H8/c1-6-2-3-7-8(4-6)10-5-9-7;1-3-2/h2-5H,1H3;3H2,1-2H3. The largest absolute Gasteiger partial charge is 0.443 e. The average molecular weight is 177 g/mol. The van der Waals surface area contributed by atoms with Crippen molar-refractivity contribution in [3.05, 3.63) is 30.2 Å². The number of rotatable bonds is 0. The zero-order valence-electron chi connectivity index (χ0n) is 8.37. The van der Waals surface area contributed by atoms with Crippen LogP contribution in [0.4, 0.5) is 0 Å². The third-order valence-electron chi connectivity index (χ3n) is 1.49. The van der Waals surface area contributed by atoms with Gasteiger partial charge in [-0.15, -0.1) is 0 Å². The molecule has 0 aliphatic heterocycles. The summed E-state index contributed by atoms with van der Waals surface area (Å²) in [5.74, 6) is 0. The predicted octanol–water partition coefficient (Wildman–Crippen LogP) is 3.55. The number of nitrogens with zero attached hydrogens (tertiary/aromatic N) is 1. The molecule has 0 radical (unpaired) electrons. The topological polar surface area (TPSA) is 26.0 Å². The van der Waals surface area contributed by atoms with Crippen molar-refractivity contribution in [1.29, 1.82) is 0 Å². The molecule has 70 valence electrons. The molecule has 0 aliphatic rings. The van der Waals surface area contributed by atoms with E-state index in [0.717, 1.165) is 11.1 Å². The first-order valence-corrected chi connectivity index (χ1v) is 4.57. The molecule has 0 aliphatic carbocycles. The summed E-state index contributed by atoms with van der Waals surface area (Å²) in [6.07, 6.45) is 2.71. The highest BCUT2D eigenvalue weighted by atomic mass is 16.3. The van der Waals surface area contributed by atoms with Gasteiger partial charge in [-0.25, -0.2) is 4.98 Å². The Balaban J connectivity index is 0.000000251. The van der Waals surface area contributed by atoms with Crippen LogP contribution in [-0.4, -0.2) is 4.98 Å². The molecule has 1 aromatic carbocycles. The second kappa shape index (κ2) is 4.65. The van der Waals surface area contributed by atoms with Gasteiger partial charge in [-0.1, -0.05) is 26.3 Å². The van der Waals surface area contributed by atoms with Crippen LogP contribution in [-0.2, 0) is 0 Å². The molecular weight excluding hydrogens is 162 g/mol. The molecule has 0 N–H and O–H groups in total. The summed E-state index contributed by atoms with van der Waals surface area (Å²) < 4.78 is 5.09. The van der Waals surface area contributed by atoms with E-state index in [0.29, 0.717) is 0 Å². The Morgan fingerprint density at radius 3 is 2.69 bits per heavy atom. The van der Waals surface area contributed by atoms with Gasteiger partial charge in [0.2, 0.25) is 0 Å². The van der Waals surface area contributed by atoms with Crippen LogP contribution in [0.5, 0.6) is 0 Å². The fraction of sp³-hybridized carbons (Fsp3) is 0.364. The third-order valence-corrected chi connectivity index (χ3v) is 1.49. The normalized spacial score (nSPS) is 9.46. The highest BCUT2D eigenvalue weighted by Gasteiger charge is 1.95. The molecule has 0 amide bonds. The van der Waals surface area contributed by atoms with Gasteiger partial charge < -0.3 is 4.42 Å². The number of oxazole rings is 1. The quantitative estimate of drug-likeness (QED) is 0.615. The van der Waals surface area contributed by atoms with Crippen molar-refractivity contribution in [2.45, 2.75) is 27.2 Å². The van der Waals surface area contributed by atoms with Gasteiger partial charge >= 0.3 is 0 Å². The Bertz CT molecular complexity index is 365. The Morgan fingerprint density at radius 1 is 1.31 bits per heavy atom. The molecular formula is C11H15NO. The second-order valence-corrected chi connectivity index (χ2v) is 3.03. The molecule has 1 aromatic heterocycles. The van der Waals surface area contributed by atoms with E-state index < -0.39 is 0 Å². The Kier molecular flexibility index (Phi) is 3.50. The van der Waals surface area contributed by atoms with Crippen molar-refractivity contribution in [1.82, 2.24) is 4.98 Å². The van der Waals surface area contributed by atoms with E-state index >= 15 is 0 Å². The van der Waals surface area contributed by atoms with Crippen molar-refractivity contribution >= 4 is 11.1 Å². The second-order valence-electron chi connectivity index (χ2n) is 3.03. The van der Waals surface area contributed by atoms with Crippen molar-refractivity contribution in [2.75, 3.05) is 0 Å². The fourth-order valence-corrected chi connectivity index (χ4v) is 0.962. The molecule has 0 saturated carbocycles. The van der Waals surface area contributed by atoms with E-state index in [4.69, 9.17) is 4.42 Å². The Labute approximate surface area is 78.6 Å². The zero-order valence-corrected chi connectivity index (χ0v) is 8.37. The molecule has 0 saturated heterocycles. The smallest absolute Gasteiger partial charge is 0.181 e. The SMILES string of the molecule is CCC.Cc1ccc2ncoc2c1. The summed E-state index contributed by atoms with van der Waals surface area (Å²) in [6.45, 7) is 6.28. The first-order valence-electron chi connectivity index (χ1n) is 4.57. The third kappa shape index (κ3) is 2.58. The molecule has 2 heteroatoms. The van der Waals surface area contributed by atoms with Gasteiger partial charge in [0.25, 0.3) is 0 Å². The van der Waals surface area contributed by atoms with Crippen LogP contribution in [0.2, 0.25) is 0 Å². The maximum absolute atomic E-state index is 5.09. The summed E-state index contributed by atoms with van der Waals surface area (Å²) in [5.41, 5.74) is 2.98. The first kappa shape index (κ1) is 9.78. The number of benzene rings is 1. The Morgan fingerprint density at radius 2 is 2.00 bits per heavy atom. The van der Waals surface area contributed by atoms with Gasteiger partial charge in [-0.2, -0.15) is 0 Å². The van der Waals surface area contributed by atoms with Crippen LogP contribution in [0, 0.1) is 6.92 Å². The fourth-order valence-electron chi connectivity index (χ4n) is 0.962. The summed E-state index contributed by atoms with van der Waals surface area (Å²) >= 11 is 0. The lowest BCUT2D eigenvalue weighted by molar-refractivity contribution is 0.602. The van der Waals surface area contributed by atoms with Crippen molar-refractivity contribution in [3.63, 3.8) is 0 Å². The average Bonchev–Trinajstić information content (AvgIpc) is 2.52. The molecule has 13 heavy (non-hydrogen) atoms. The summed E-state index contributed by atoms with van der Waals surface area (Å²) in [7, 11) is 0. The number of aromatic nitrogens is 1. The number of fused-ring (bicyclic) bond motifs is 1. The summed E-state index contributed by atoms with van der Waals surface area (Å²) in [4.78, 5) is 3.99. The van der Waals surface area contributed by atoms with E-state index in [1.54, 1.807) is 0 Å². The van der Waals surface area contributed by atoms with Crippen LogP contribution < -0.4 is 0 Å². The van der Waals surface area contributed by atoms with E-state index in [9.17, 15) is 0 Å². The van der Waals surface area contributed by atoms with Crippen molar-refractivity contribution in [3.8, 4) is 0 Å². The summed E-state index contributed by atoms with van der Waals surface area (Å²) in [6, 6.07) is 5.95. The van der Waals surface area contributed by atoms with E-state index in [-0.39, 0.29) is 0 Å².